The minimum absolute atomic E-state index is 0.161. The predicted molar refractivity (Wildman–Crippen MR) is 79.2 cm³/mol. The number of carbonyl (C=O) groups is 2. The molecule has 0 aliphatic heterocycles. The van der Waals surface area contributed by atoms with Gasteiger partial charge in [-0.05, 0) is 24.5 Å². The molecular formula is C14H19ClN2O3. The smallest absolute Gasteiger partial charge is 0.326 e. The van der Waals surface area contributed by atoms with Crippen LogP contribution in [0.1, 0.15) is 25.8 Å². The molecule has 1 unspecified atom stereocenters. The molecule has 110 valence electrons. The minimum atomic E-state index is -1.05. The van der Waals surface area contributed by atoms with E-state index in [0.29, 0.717) is 17.1 Å². The second kappa shape index (κ2) is 7.14. The van der Waals surface area contributed by atoms with Crippen molar-refractivity contribution < 1.29 is 14.7 Å². The SMILES string of the molecule is CCC(C)[C@H](NC(=O)Nc1c(C)cccc1Cl)C(=O)O. The van der Waals surface area contributed by atoms with Crippen LogP contribution >= 0.6 is 11.6 Å². The molecule has 2 amide bonds. The summed E-state index contributed by atoms with van der Waals surface area (Å²) < 4.78 is 0. The molecule has 1 aromatic carbocycles. The molecule has 1 aromatic rings. The number of para-hydroxylation sites is 1. The van der Waals surface area contributed by atoms with Crippen LogP contribution in [0.5, 0.6) is 0 Å². The van der Waals surface area contributed by atoms with Crippen LogP contribution < -0.4 is 10.6 Å². The van der Waals surface area contributed by atoms with E-state index >= 15 is 0 Å². The van der Waals surface area contributed by atoms with Gasteiger partial charge in [0.25, 0.3) is 0 Å². The molecule has 0 aliphatic rings. The zero-order chi connectivity index (χ0) is 15.3. The number of carboxylic acid groups (broad SMARTS) is 1. The number of hydrogen-bond donors (Lipinski definition) is 3. The van der Waals surface area contributed by atoms with Gasteiger partial charge in [-0.15, -0.1) is 0 Å². The number of amides is 2. The number of rotatable bonds is 5. The van der Waals surface area contributed by atoms with E-state index in [1.807, 2.05) is 19.9 Å². The minimum Gasteiger partial charge on any atom is -0.480 e. The topological polar surface area (TPSA) is 78.4 Å². The van der Waals surface area contributed by atoms with E-state index in [1.165, 1.54) is 0 Å². The lowest BCUT2D eigenvalue weighted by Crippen LogP contribution is -2.46. The summed E-state index contributed by atoms with van der Waals surface area (Å²) in [6, 6.07) is 3.75. The molecule has 0 spiro atoms. The van der Waals surface area contributed by atoms with Gasteiger partial charge in [0.2, 0.25) is 0 Å². The van der Waals surface area contributed by atoms with Crippen LogP contribution in [0.25, 0.3) is 0 Å². The van der Waals surface area contributed by atoms with E-state index in [4.69, 9.17) is 16.7 Å². The zero-order valence-corrected chi connectivity index (χ0v) is 12.5. The molecule has 0 saturated heterocycles. The molecule has 0 heterocycles. The van der Waals surface area contributed by atoms with Crippen molar-refractivity contribution in [3.05, 3.63) is 28.8 Å². The molecule has 1 rings (SSSR count). The van der Waals surface area contributed by atoms with Crippen molar-refractivity contribution in [2.24, 2.45) is 5.92 Å². The Balaban J connectivity index is 2.79. The third-order valence-electron chi connectivity index (χ3n) is 3.23. The number of urea groups is 1. The molecule has 0 fully saturated rings. The molecular weight excluding hydrogens is 280 g/mol. The van der Waals surface area contributed by atoms with Gasteiger partial charge >= 0.3 is 12.0 Å². The Morgan fingerprint density at radius 2 is 2.05 bits per heavy atom. The van der Waals surface area contributed by atoms with Gasteiger partial charge in [-0.3, -0.25) is 0 Å². The first-order chi connectivity index (χ1) is 9.36. The fourth-order valence-corrected chi connectivity index (χ4v) is 2.03. The maximum absolute atomic E-state index is 11.9. The summed E-state index contributed by atoms with van der Waals surface area (Å²) in [5.74, 6) is -1.21. The lowest BCUT2D eigenvalue weighted by Gasteiger charge is -2.21. The molecule has 0 aliphatic carbocycles. The summed E-state index contributed by atoms with van der Waals surface area (Å²) in [5.41, 5.74) is 1.29. The highest BCUT2D eigenvalue weighted by molar-refractivity contribution is 6.33. The summed E-state index contributed by atoms with van der Waals surface area (Å²) in [6.07, 6.45) is 0.655. The highest BCUT2D eigenvalue weighted by Crippen LogP contribution is 2.25. The molecule has 2 atom stereocenters. The highest BCUT2D eigenvalue weighted by atomic mass is 35.5. The monoisotopic (exact) mass is 298 g/mol. The Hall–Kier alpha value is -1.75. The number of anilines is 1. The molecule has 0 saturated carbocycles. The van der Waals surface area contributed by atoms with Gasteiger partial charge in [0.1, 0.15) is 6.04 Å². The maximum Gasteiger partial charge on any atom is 0.326 e. The quantitative estimate of drug-likeness (QED) is 0.780. The van der Waals surface area contributed by atoms with Crippen LogP contribution in [0.4, 0.5) is 10.5 Å². The van der Waals surface area contributed by atoms with Crippen molar-refractivity contribution in [2.75, 3.05) is 5.32 Å². The second-order valence-electron chi connectivity index (χ2n) is 4.73. The predicted octanol–water partition coefficient (Wildman–Crippen LogP) is 3.27. The fraction of sp³-hybridized carbons (Fsp3) is 0.429. The average molecular weight is 299 g/mol. The molecule has 5 nitrogen and oxygen atoms in total. The van der Waals surface area contributed by atoms with Crippen molar-refractivity contribution in [2.45, 2.75) is 33.2 Å². The van der Waals surface area contributed by atoms with E-state index in [9.17, 15) is 9.59 Å². The number of halogens is 1. The summed E-state index contributed by atoms with van der Waals surface area (Å²) in [6.45, 7) is 5.46. The van der Waals surface area contributed by atoms with Crippen LogP contribution in [0, 0.1) is 12.8 Å². The van der Waals surface area contributed by atoms with Crippen molar-refractivity contribution >= 4 is 29.3 Å². The second-order valence-corrected chi connectivity index (χ2v) is 5.14. The fourth-order valence-electron chi connectivity index (χ4n) is 1.76. The first kappa shape index (κ1) is 16.3. The van der Waals surface area contributed by atoms with Crippen LogP contribution in [0.3, 0.4) is 0 Å². The summed E-state index contributed by atoms with van der Waals surface area (Å²) in [7, 11) is 0. The summed E-state index contributed by atoms with van der Waals surface area (Å²) in [4.78, 5) is 23.1. The average Bonchev–Trinajstić information content (AvgIpc) is 2.39. The molecule has 20 heavy (non-hydrogen) atoms. The lowest BCUT2D eigenvalue weighted by molar-refractivity contribution is -0.140. The van der Waals surface area contributed by atoms with Crippen LogP contribution in [-0.2, 0) is 4.79 Å². The van der Waals surface area contributed by atoms with E-state index in [1.54, 1.807) is 19.1 Å². The van der Waals surface area contributed by atoms with Gasteiger partial charge < -0.3 is 15.7 Å². The first-order valence-electron chi connectivity index (χ1n) is 6.42. The summed E-state index contributed by atoms with van der Waals surface area (Å²) in [5, 5.41) is 14.6. The van der Waals surface area contributed by atoms with E-state index in [0.717, 1.165) is 5.56 Å². The zero-order valence-electron chi connectivity index (χ0n) is 11.7. The van der Waals surface area contributed by atoms with Gasteiger partial charge in [-0.1, -0.05) is 44.0 Å². The first-order valence-corrected chi connectivity index (χ1v) is 6.80. The van der Waals surface area contributed by atoms with Crippen molar-refractivity contribution in [1.29, 1.82) is 0 Å². The largest absolute Gasteiger partial charge is 0.480 e. The number of aliphatic carboxylic acids is 1. The highest BCUT2D eigenvalue weighted by Gasteiger charge is 2.25. The normalized spacial score (nSPS) is 13.4. The van der Waals surface area contributed by atoms with Crippen molar-refractivity contribution in [1.82, 2.24) is 5.32 Å². The van der Waals surface area contributed by atoms with Crippen LogP contribution in [-0.4, -0.2) is 23.1 Å². The molecule has 0 bridgehead atoms. The standard InChI is InChI=1S/C14H19ClN2O3/c1-4-8(2)12(13(18)19)17-14(20)16-11-9(3)6-5-7-10(11)15/h5-8,12H,4H2,1-3H3,(H,18,19)(H2,16,17,20)/t8?,12-/m0/s1. The van der Waals surface area contributed by atoms with Crippen molar-refractivity contribution in [3.8, 4) is 0 Å². The third-order valence-corrected chi connectivity index (χ3v) is 3.54. The third kappa shape index (κ3) is 4.13. The van der Waals surface area contributed by atoms with E-state index < -0.39 is 18.0 Å². The Labute approximate surface area is 123 Å². The number of hydrogen-bond acceptors (Lipinski definition) is 2. The Kier molecular flexibility index (Phi) is 5.82. The number of carbonyl (C=O) groups excluding carboxylic acids is 1. The maximum atomic E-state index is 11.9. The molecule has 0 aromatic heterocycles. The number of benzene rings is 1. The van der Waals surface area contributed by atoms with Gasteiger partial charge in [0.05, 0.1) is 10.7 Å². The number of nitrogens with one attached hydrogen (secondary N) is 2. The Bertz CT molecular complexity index is 485. The molecule has 0 radical (unpaired) electrons. The van der Waals surface area contributed by atoms with Gasteiger partial charge in [-0.25, -0.2) is 9.59 Å². The Morgan fingerprint density at radius 3 is 2.55 bits per heavy atom. The number of aryl methyl sites for hydroxylation is 1. The van der Waals surface area contributed by atoms with Gasteiger partial charge in [0, 0.05) is 0 Å². The van der Waals surface area contributed by atoms with Gasteiger partial charge in [-0.2, -0.15) is 0 Å². The van der Waals surface area contributed by atoms with Crippen LogP contribution in [0.2, 0.25) is 5.02 Å². The Morgan fingerprint density at radius 1 is 1.40 bits per heavy atom. The summed E-state index contributed by atoms with van der Waals surface area (Å²) >= 11 is 6.00. The molecule has 6 heteroatoms. The van der Waals surface area contributed by atoms with Crippen molar-refractivity contribution in [3.63, 3.8) is 0 Å². The van der Waals surface area contributed by atoms with Crippen LogP contribution in [0.15, 0.2) is 18.2 Å². The van der Waals surface area contributed by atoms with E-state index in [2.05, 4.69) is 10.6 Å². The molecule has 3 N–H and O–H groups in total. The van der Waals surface area contributed by atoms with Gasteiger partial charge in [0.15, 0.2) is 0 Å². The number of carboxylic acids is 1. The van der Waals surface area contributed by atoms with E-state index in [-0.39, 0.29) is 5.92 Å². The lowest BCUT2D eigenvalue weighted by atomic mass is 9.99.